The van der Waals surface area contributed by atoms with Crippen LogP contribution in [0, 0.1) is 23.2 Å². The molecule has 0 spiro atoms. The number of aromatic nitrogens is 3. The van der Waals surface area contributed by atoms with E-state index in [2.05, 4.69) is 20.5 Å². The standard InChI is InChI=1S/C22H32N4O2/c1-2-17(18-20(27)24-19(26-25-18)16-5-3-4-6-16)23-21(28)22-10-13-7-14(11-22)9-15(8-13)12-22/h13-17H,2-12H2,1H3,(H,23,28)(H,24,26,27). The zero-order valence-corrected chi connectivity index (χ0v) is 16.9. The van der Waals surface area contributed by atoms with Gasteiger partial charge in [0.1, 0.15) is 5.82 Å². The zero-order chi connectivity index (χ0) is 19.3. The van der Waals surface area contributed by atoms with E-state index in [1.807, 2.05) is 6.92 Å². The Morgan fingerprint density at radius 2 is 1.71 bits per heavy atom. The summed E-state index contributed by atoms with van der Waals surface area (Å²) in [6.45, 7) is 2.00. The molecule has 1 aromatic rings. The Bertz CT molecular complexity index is 776. The fourth-order valence-electron chi connectivity index (χ4n) is 7.03. The second kappa shape index (κ2) is 6.96. The maximum atomic E-state index is 13.4. The number of carbonyl (C=O) groups is 1. The van der Waals surface area contributed by atoms with Gasteiger partial charge in [0, 0.05) is 11.3 Å². The van der Waals surface area contributed by atoms with E-state index >= 15 is 0 Å². The predicted molar refractivity (Wildman–Crippen MR) is 106 cm³/mol. The van der Waals surface area contributed by atoms with Crippen LogP contribution >= 0.6 is 0 Å². The van der Waals surface area contributed by atoms with Crippen LogP contribution < -0.4 is 10.9 Å². The van der Waals surface area contributed by atoms with Crippen molar-refractivity contribution < 1.29 is 4.79 Å². The van der Waals surface area contributed by atoms with Crippen molar-refractivity contribution in [3.05, 3.63) is 21.9 Å². The van der Waals surface area contributed by atoms with E-state index in [0.29, 0.717) is 23.9 Å². The van der Waals surface area contributed by atoms with Gasteiger partial charge in [0.25, 0.3) is 5.56 Å². The number of amides is 1. The lowest BCUT2D eigenvalue weighted by molar-refractivity contribution is -0.147. The van der Waals surface area contributed by atoms with Gasteiger partial charge in [-0.2, -0.15) is 0 Å². The van der Waals surface area contributed by atoms with E-state index in [4.69, 9.17) is 0 Å². The van der Waals surface area contributed by atoms with Crippen LogP contribution in [-0.2, 0) is 4.79 Å². The quantitative estimate of drug-likeness (QED) is 0.812. The van der Waals surface area contributed by atoms with Crippen LogP contribution in [0.4, 0.5) is 0 Å². The Balaban J connectivity index is 1.34. The summed E-state index contributed by atoms with van der Waals surface area (Å²) in [6, 6.07) is -0.352. The van der Waals surface area contributed by atoms with E-state index in [0.717, 1.165) is 49.9 Å². The summed E-state index contributed by atoms with van der Waals surface area (Å²) < 4.78 is 0. The molecule has 5 aliphatic rings. The van der Waals surface area contributed by atoms with Crippen LogP contribution in [0.5, 0.6) is 0 Å². The van der Waals surface area contributed by atoms with Gasteiger partial charge in [0.05, 0.1) is 6.04 Å². The summed E-state index contributed by atoms with van der Waals surface area (Å²) >= 11 is 0. The number of hydrogen-bond acceptors (Lipinski definition) is 4. The number of hydrogen-bond donors (Lipinski definition) is 2. The minimum atomic E-state index is -0.352. The second-order valence-electron chi connectivity index (χ2n) is 10.0. The predicted octanol–water partition coefficient (Wildman–Crippen LogP) is 3.61. The maximum absolute atomic E-state index is 13.4. The highest BCUT2D eigenvalue weighted by Crippen LogP contribution is 2.60. The van der Waals surface area contributed by atoms with Crippen LogP contribution in [0.25, 0.3) is 0 Å². The first-order chi connectivity index (χ1) is 13.6. The number of H-pyrrole nitrogens is 1. The van der Waals surface area contributed by atoms with Gasteiger partial charge in [-0.1, -0.05) is 19.8 Å². The van der Waals surface area contributed by atoms with Crippen molar-refractivity contribution in [1.29, 1.82) is 0 Å². The molecule has 0 aliphatic heterocycles. The SMILES string of the molecule is CCC(NC(=O)C12CC3CC(CC(C3)C1)C2)c1nnc(C2CCCC2)[nH]c1=O. The number of nitrogens with zero attached hydrogens (tertiary/aromatic N) is 2. The number of rotatable bonds is 5. The third kappa shape index (κ3) is 3.09. The van der Waals surface area contributed by atoms with Gasteiger partial charge in [-0.05, 0) is 75.5 Å². The summed E-state index contributed by atoms with van der Waals surface area (Å²) in [6.07, 6.45) is 12.2. The highest BCUT2D eigenvalue weighted by atomic mass is 16.2. The summed E-state index contributed by atoms with van der Waals surface area (Å²) in [5, 5.41) is 11.8. The molecular weight excluding hydrogens is 352 g/mol. The molecule has 28 heavy (non-hydrogen) atoms. The summed E-state index contributed by atoms with van der Waals surface area (Å²) in [7, 11) is 0. The molecule has 4 bridgehead atoms. The Hall–Kier alpha value is -1.72. The monoisotopic (exact) mass is 384 g/mol. The largest absolute Gasteiger partial charge is 0.347 e. The lowest BCUT2D eigenvalue weighted by Gasteiger charge is -2.55. The molecule has 6 rings (SSSR count). The first-order valence-electron chi connectivity index (χ1n) is 11.3. The average Bonchev–Trinajstić information content (AvgIpc) is 3.20. The molecule has 1 amide bonds. The van der Waals surface area contributed by atoms with Gasteiger partial charge < -0.3 is 10.3 Å². The molecule has 2 N–H and O–H groups in total. The van der Waals surface area contributed by atoms with Crippen molar-refractivity contribution in [2.24, 2.45) is 23.2 Å². The van der Waals surface area contributed by atoms with Crippen molar-refractivity contribution in [3.63, 3.8) is 0 Å². The molecule has 0 aromatic carbocycles. The van der Waals surface area contributed by atoms with E-state index < -0.39 is 0 Å². The summed E-state index contributed by atoms with van der Waals surface area (Å²) in [5.41, 5.74) is -0.0246. The Kier molecular flexibility index (Phi) is 4.55. The van der Waals surface area contributed by atoms with Gasteiger partial charge in [-0.15, -0.1) is 10.2 Å². The number of aromatic amines is 1. The number of carbonyl (C=O) groups excluding carboxylic acids is 1. The smallest absolute Gasteiger partial charge is 0.275 e. The van der Waals surface area contributed by atoms with Crippen LogP contribution in [-0.4, -0.2) is 21.1 Å². The molecule has 152 valence electrons. The third-order valence-corrected chi connectivity index (χ3v) is 8.05. The molecule has 5 saturated carbocycles. The molecule has 6 heteroatoms. The molecule has 1 heterocycles. The summed E-state index contributed by atoms with van der Waals surface area (Å²) in [4.78, 5) is 29.0. The molecule has 5 fully saturated rings. The van der Waals surface area contributed by atoms with E-state index in [1.165, 1.54) is 32.1 Å². The lowest BCUT2D eigenvalue weighted by Crippen LogP contribution is -2.54. The van der Waals surface area contributed by atoms with E-state index in [1.54, 1.807) is 0 Å². The first-order valence-corrected chi connectivity index (χ1v) is 11.3. The van der Waals surface area contributed by atoms with Crippen LogP contribution in [0.15, 0.2) is 4.79 Å². The summed E-state index contributed by atoms with van der Waals surface area (Å²) in [5.74, 6) is 3.38. The Morgan fingerprint density at radius 1 is 1.11 bits per heavy atom. The molecule has 1 unspecified atom stereocenters. The first kappa shape index (κ1) is 18.3. The minimum Gasteiger partial charge on any atom is -0.347 e. The third-order valence-electron chi connectivity index (χ3n) is 8.05. The molecule has 6 nitrogen and oxygen atoms in total. The molecular formula is C22H32N4O2. The fraction of sp³-hybridized carbons (Fsp3) is 0.818. The highest BCUT2D eigenvalue weighted by molar-refractivity contribution is 5.83. The van der Waals surface area contributed by atoms with Gasteiger partial charge >= 0.3 is 0 Å². The minimum absolute atomic E-state index is 0.152. The van der Waals surface area contributed by atoms with Gasteiger partial charge in [-0.25, -0.2) is 0 Å². The van der Waals surface area contributed by atoms with Crippen molar-refractivity contribution in [2.45, 2.75) is 89.5 Å². The normalized spacial score (nSPS) is 35.2. The molecule has 1 aromatic heterocycles. The lowest BCUT2D eigenvalue weighted by atomic mass is 9.49. The Morgan fingerprint density at radius 3 is 2.25 bits per heavy atom. The zero-order valence-electron chi connectivity index (χ0n) is 16.9. The van der Waals surface area contributed by atoms with Crippen LogP contribution in [0.1, 0.15) is 101 Å². The molecule has 0 radical (unpaired) electrons. The molecule has 5 aliphatic carbocycles. The van der Waals surface area contributed by atoms with Crippen molar-refractivity contribution in [3.8, 4) is 0 Å². The second-order valence-corrected chi connectivity index (χ2v) is 10.0. The highest BCUT2D eigenvalue weighted by Gasteiger charge is 2.54. The van der Waals surface area contributed by atoms with E-state index in [-0.39, 0.29) is 22.9 Å². The maximum Gasteiger partial charge on any atom is 0.275 e. The topological polar surface area (TPSA) is 87.7 Å². The van der Waals surface area contributed by atoms with Gasteiger partial charge in [0.15, 0.2) is 5.69 Å². The van der Waals surface area contributed by atoms with Crippen LogP contribution in [0.2, 0.25) is 0 Å². The van der Waals surface area contributed by atoms with Crippen molar-refractivity contribution in [2.75, 3.05) is 0 Å². The fourth-order valence-corrected chi connectivity index (χ4v) is 7.03. The van der Waals surface area contributed by atoms with Crippen molar-refractivity contribution in [1.82, 2.24) is 20.5 Å². The van der Waals surface area contributed by atoms with Crippen LogP contribution in [0.3, 0.4) is 0 Å². The van der Waals surface area contributed by atoms with Gasteiger partial charge in [-0.3, -0.25) is 9.59 Å². The average molecular weight is 385 g/mol. The van der Waals surface area contributed by atoms with Crippen molar-refractivity contribution >= 4 is 5.91 Å². The van der Waals surface area contributed by atoms with Gasteiger partial charge in [0.2, 0.25) is 5.91 Å². The molecule has 0 saturated heterocycles. The molecule has 1 atom stereocenters. The Labute approximate surface area is 166 Å². The van der Waals surface area contributed by atoms with E-state index in [9.17, 15) is 9.59 Å². The number of nitrogens with one attached hydrogen (secondary N) is 2.